The zero-order valence-corrected chi connectivity index (χ0v) is 11.7. The summed E-state index contributed by atoms with van der Waals surface area (Å²) < 4.78 is 10.3. The van der Waals surface area contributed by atoms with Gasteiger partial charge in [0.2, 0.25) is 5.13 Å². The molecule has 1 saturated heterocycles. The van der Waals surface area contributed by atoms with Crippen molar-refractivity contribution in [3.8, 4) is 0 Å². The summed E-state index contributed by atoms with van der Waals surface area (Å²) in [4.78, 5) is 4.63. The number of anilines is 1. The maximum atomic E-state index is 5.82. The van der Waals surface area contributed by atoms with Crippen LogP contribution in [0.25, 0.3) is 0 Å². The van der Waals surface area contributed by atoms with E-state index in [2.05, 4.69) is 28.5 Å². The number of ether oxygens (including phenoxy) is 1. The lowest BCUT2D eigenvalue weighted by Crippen LogP contribution is -2.63. The molecule has 4 nitrogen and oxygen atoms in total. The fraction of sp³-hybridized carbons (Fsp3) is 0.846. The molecular formula is C13H19N3OS. The van der Waals surface area contributed by atoms with Gasteiger partial charge >= 0.3 is 0 Å². The maximum Gasteiger partial charge on any atom is 0.202 e. The molecule has 1 aromatic rings. The fourth-order valence-electron chi connectivity index (χ4n) is 3.55. The van der Waals surface area contributed by atoms with Gasteiger partial charge in [-0.25, -0.2) is 4.98 Å². The van der Waals surface area contributed by atoms with Crippen molar-refractivity contribution >= 4 is 16.7 Å². The summed E-state index contributed by atoms with van der Waals surface area (Å²) in [5, 5.41) is 4.61. The van der Waals surface area contributed by atoms with Gasteiger partial charge in [0.1, 0.15) is 5.82 Å². The molecule has 3 fully saturated rings. The van der Waals surface area contributed by atoms with Gasteiger partial charge in [-0.1, -0.05) is 13.8 Å². The van der Waals surface area contributed by atoms with E-state index in [0.29, 0.717) is 24.0 Å². The van der Waals surface area contributed by atoms with Crippen LogP contribution in [0.1, 0.15) is 44.9 Å². The van der Waals surface area contributed by atoms with E-state index in [1.165, 1.54) is 30.8 Å². The largest absolute Gasteiger partial charge is 0.377 e. The van der Waals surface area contributed by atoms with Gasteiger partial charge in [-0.15, -0.1) is 0 Å². The third-order valence-corrected chi connectivity index (χ3v) is 5.42. The molecule has 0 bridgehead atoms. The zero-order chi connectivity index (χ0) is 12.3. The van der Waals surface area contributed by atoms with E-state index in [1.807, 2.05) is 0 Å². The minimum Gasteiger partial charge on any atom is -0.377 e. The van der Waals surface area contributed by atoms with Crippen LogP contribution in [0.3, 0.4) is 0 Å². The van der Waals surface area contributed by atoms with Gasteiger partial charge in [0.25, 0.3) is 0 Å². The second kappa shape index (κ2) is 3.67. The van der Waals surface area contributed by atoms with Gasteiger partial charge in [-0.05, 0) is 19.3 Å². The molecular weight excluding hydrogens is 246 g/mol. The molecule has 2 heterocycles. The minimum atomic E-state index is 0.215. The minimum absolute atomic E-state index is 0.215. The van der Waals surface area contributed by atoms with Crippen LogP contribution in [-0.4, -0.2) is 28.1 Å². The van der Waals surface area contributed by atoms with Gasteiger partial charge in [0.05, 0.1) is 6.10 Å². The van der Waals surface area contributed by atoms with Crippen LogP contribution in [0.15, 0.2) is 0 Å². The summed E-state index contributed by atoms with van der Waals surface area (Å²) in [5.74, 6) is 2.36. The van der Waals surface area contributed by atoms with Crippen molar-refractivity contribution in [1.82, 2.24) is 9.36 Å². The Hall–Kier alpha value is -0.680. The molecule has 0 spiro atoms. The molecule has 98 valence electrons. The van der Waals surface area contributed by atoms with Crippen LogP contribution in [0.2, 0.25) is 0 Å². The Morgan fingerprint density at radius 2 is 2.17 bits per heavy atom. The van der Waals surface area contributed by atoms with Crippen LogP contribution >= 0.6 is 11.5 Å². The molecule has 4 rings (SSSR count). The molecule has 1 aromatic heterocycles. The van der Waals surface area contributed by atoms with E-state index < -0.39 is 0 Å². The first kappa shape index (κ1) is 11.2. The third kappa shape index (κ3) is 1.53. The van der Waals surface area contributed by atoms with Crippen molar-refractivity contribution in [2.24, 2.45) is 11.3 Å². The molecule has 1 aliphatic heterocycles. The molecule has 0 radical (unpaired) electrons. The zero-order valence-electron chi connectivity index (χ0n) is 10.8. The summed E-state index contributed by atoms with van der Waals surface area (Å²) >= 11 is 1.52. The number of hydrogen-bond donors (Lipinski definition) is 1. The Bertz CT molecular complexity index is 469. The number of aromatic nitrogens is 2. The maximum absolute atomic E-state index is 5.82. The number of rotatable bonds is 3. The highest BCUT2D eigenvalue weighted by Gasteiger charge is 2.59. The topological polar surface area (TPSA) is 47.0 Å². The standard InChI is InChI=1S/C13H19N3OS/c1-13(2)9(8-5-6-17-10(8)13)14-12-15-11(16-18-12)7-3-4-7/h7-10H,3-6H2,1-2H3,(H,14,15,16). The van der Waals surface area contributed by atoms with Crippen molar-refractivity contribution in [2.75, 3.05) is 11.9 Å². The van der Waals surface area contributed by atoms with Crippen molar-refractivity contribution in [1.29, 1.82) is 0 Å². The first-order chi connectivity index (χ1) is 8.66. The Morgan fingerprint density at radius 1 is 1.33 bits per heavy atom. The number of nitrogens with zero attached hydrogens (tertiary/aromatic N) is 2. The lowest BCUT2D eigenvalue weighted by atomic mass is 9.57. The molecule has 3 atom stereocenters. The van der Waals surface area contributed by atoms with Crippen molar-refractivity contribution < 1.29 is 4.74 Å². The average molecular weight is 265 g/mol. The van der Waals surface area contributed by atoms with E-state index >= 15 is 0 Å². The summed E-state index contributed by atoms with van der Waals surface area (Å²) in [7, 11) is 0. The Morgan fingerprint density at radius 3 is 2.94 bits per heavy atom. The summed E-state index contributed by atoms with van der Waals surface area (Å²) in [5.41, 5.74) is 0.215. The summed E-state index contributed by atoms with van der Waals surface area (Å²) in [6, 6.07) is 0.491. The van der Waals surface area contributed by atoms with Crippen LogP contribution in [0.5, 0.6) is 0 Å². The first-order valence-electron chi connectivity index (χ1n) is 6.88. The molecule has 0 aromatic carbocycles. The number of fused-ring (bicyclic) bond motifs is 1. The van der Waals surface area contributed by atoms with Gasteiger partial charge in [-0.2, -0.15) is 4.37 Å². The molecule has 2 saturated carbocycles. The Labute approximate surface area is 111 Å². The van der Waals surface area contributed by atoms with Gasteiger partial charge in [0.15, 0.2) is 0 Å². The Balaban J connectivity index is 1.50. The van der Waals surface area contributed by atoms with Gasteiger partial charge in [0, 0.05) is 41.4 Å². The molecule has 0 amide bonds. The van der Waals surface area contributed by atoms with E-state index in [1.54, 1.807) is 0 Å². The van der Waals surface area contributed by atoms with Crippen LogP contribution < -0.4 is 5.32 Å². The molecule has 3 aliphatic rings. The monoisotopic (exact) mass is 265 g/mol. The highest BCUT2D eigenvalue weighted by atomic mass is 32.1. The normalized spacial score (nSPS) is 37.1. The highest BCUT2D eigenvalue weighted by molar-refractivity contribution is 7.09. The van der Waals surface area contributed by atoms with Gasteiger partial charge in [-0.3, -0.25) is 0 Å². The average Bonchev–Trinajstić information content (AvgIpc) is 2.93. The first-order valence-corrected chi connectivity index (χ1v) is 7.65. The van der Waals surface area contributed by atoms with Crippen molar-refractivity contribution in [3.05, 3.63) is 5.82 Å². The molecule has 3 unspecified atom stereocenters. The second-order valence-corrected chi connectivity index (χ2v) is 7.17. The van der Waals surface area contributed by atoms with Crippen LogP contribution in [0, 0.1) is 11.3 Å². The summed E-state index contributed by atoms with van der Waals surface area (Å²) in [6.45, 7) is 5.50. The SMILES string of the molecule is CC1(C)C(Nc2nc(C3CC3)ns2)C2CCOC21. The smallest absolute Gasteiger partial charge is 0.202 e. The second-order valence-electron chi connectivity index (χ2n) is 6.42. The lowest BCUT2D eigenvalue weighted by molar-refractivity contribution is -0.0923. The van der Waals surface area contributed by atoms with Crippen LogP contribution in [0.4, 0.5) is 5.13 Å². The van der Waals surface area contributed by atoms with Gasteiger partial charge < -0.3 is 10.1 Å². The van der Waals surface area contributed by atoms with E-state index in [-0.39, 0.29) is 5.41 Å². The molecule has 1 N–H and O–H groups in total. The van der Waals surface area contributed by atoms with E-state index in [9.17, 15) is 0 Å². The van der Waals surface area contributed by atoms with Crippen molar-refractivity contribution in [2.45, 2.75) is 51.2 Å². The number of hydrogen-bond acceptors (Lipinski definition) is 5. The van der Waals surface area contributed by atoms with E-state index in [0.717, 1.165) is 17.6 Å². The molecule has 5 heteroatoms. The van der Waals surface area contributed by atoms with Crippen LogP contribution in [-0.2, 0) is 4.74 Å². The molecule has 2 aliphatic carbocycles. The molecule has 18 heavy (non-hydrogen) atoms. The summed E-state index contributed by atoms with van der Waals surface area (Å²) in [6.07, 6.45) is 4.15. The van der Waals surface area contributed by atoms with E-state index in [4.69, 9.17) is 4.74 Å². The predicted octanol–water partition coefficient (Wildman–Crippen LogP) is 2.64. The number of nitrogens with one attached hydrogen (secondary N) is 1. The fourth-order valence-corrected chi connectivity index (χ4v) is 4.24. The highest BCUT2D eigenvalue weighted by Crippen LogP contribution is 2.53. The third-order valence-electron chi connectivity index (χ3n) is 4.76. The lowest BCUT2D eigenvalue weighted by Gasteiger charge is -2.54. The Kier molecular flexibility index (Phi) is 2.28. The quantitative estimate of drug-likeness (QED) is 0.912. The van der Waals surface area contributed by atoms with Crippen molar-refractivity contribution in [3.63, 3.8) is 0 Å². The predicted molar refractivity (Wildman–Crippen MR) is 70.9 cm³/mol.